The molecule has 4 nitrogen and oxygen atoms in total. The SMILES string of the molecule is Cc1ccc(C2=NN(C)C(=O)C2)c(O)c1. The molecule has 1 heterocycles. The Morgan fingerprint density at radius 1 is 1.47 bits per heavy atom. The summed E-state index contributed by atoms with van der Waals surface area (Å²) in [6.07, 6.45) is 0.257. The Balaban J connectivity index is 2.39. The van der Waals surface area contributed by atoms with E-state index < -0.39 is 0 Å². The molecule has 1 N–H and O–H groups in total. The molecule has 1 aromatic carbocycles. The van der Waals surface area contributed by atoms with Gasteiger partial charge in [-0.1, -0.05) is 6.07 Å². The lowest BCUT2D eigenvalue weighted by molar-refractivity contribution is -0.127. The third-order valence-corrected chi connectivity index (χ3v) is 2.41. The monoisotopic (exact) mass is 204 g/mol. The van der Waals surface area contributed by atoms with Crippen LogP contribution in [0.2, 0.25) is 0 Å². The van der Waals surface area contributed by atoms with E-state index in [4.69, 9.17) is 0 Å². The van der Waals surface area contributed by atoms with E-state index in [0.29, 0.717) is 11.3 Å². The molecule has 2 rings (SSSR count). The van der Waals surface area contributed by atoms with E-state index >= 15 is 0 Å². The molecule has 1 aromatic rings. The molecule has 0 atom stereocenters. The molecule has 0 aliphatic carbocycles. The first-order chi connectivity index (χ1) is 7.08. The minimum atomic E-state index is -0.0509. The largest absolute Gasteiger partial charge is 0.507 e. The van der Waals surface area contributed by atoms with Gasteiger partial charge in [0, 0.05) is 12.6 Å². The van der Waals surface area contributed by atoms with Gasteiger partial charge in [-0.25, -0.2) is 5.01 Å². The maximum absolute atomic E-state index is 11.3. The summed E-state index contributed by atoms with van der Waals surface area (Å²) in [5, 5.41) is 15.1. The summed E-state index contributed by atoms with van der Waals surface area (Å²) in [7, 11) is 1.61. The highest BCUT2D eigenvalue weighted by atomic mass is 16.3. The molecular formula is C11H12N2O2. The van der Waals surface area contributed by atoms with Crippen LogP contribution in [0.4, 0.5) is 0 Å². The van der Waals surface area contributed by atoms with E-state index in [9.17, 15) is 9.90 Å². The number of hydrogen-bond donors (Lipinski definition) is 1. The third kappa shape index (κ3) is 1.70. The van der Waals surface area contributed by atoms with Gasteiger partial charge in [-0.05, 0) is 24.6 Å². The van der Waals surface area contributed by atoms with Gasteiger partial charge in [0.05, 0.1) is 12.1 Å². The number of phenols is 1. The average molecular weight is 204 g/mol. The number of aromatic hydroxyl groups is 1. The molecular weight excluding hydrogens is 192 g/mol. The molecule has 0 saturated heterocycles. The molecule has 1 aliphatic heterocycles. The molecule has 0 saturated carbocycles. The van der Waals surface area contributed by atoms with Crippen molar-refractivity contribution >= 4 is 11.6 Å². The topological polar surface area (TPSA) is 52.9 Å². The Hall–Kier alpha value is -1.84. The lowest BCUT2D eigenvalue weighted by Crippen LogP contribution is -2.14. The molecule has 1 amide bonds. The quantitative estimate of drug-likeness (QED) is 0.748. The fourth-order valence-electron chi connectivity index (χ4n) is 1.56. The second kappa shape index (κ2) is 3.38. The summed E-state index contributed by atoms with van der Waals surface area (Å²) in [6, 6.07) is 5.34. The van der Waals surface area contributed by atoms with Crippen molar-refractivity contribution in [1.29, 1.82) is 0 Å². The minimum Gasteiger partial charge on any atom is -0.507 e. The van der Waals surface area contributed by atoms with Crippen molar-refractivity contribution in [3.8, 4) is 5.75 Å². The Morgan fingerprint density at radius 3 is 2.73 bits per heavy atom. The van der Waals surface area contributed by atoms with Crippen molar-refractivity contribution in [3.63, 3.8) is 0 Å². The third-order valence-electron chi connectivity index (χ3n) is 2.41. The molecule has 78 valence electrons. The summed E-state index contributed by atoms with van der Waals surface area (Å²) in [5.41, 5.74) is 2.24. The van der Waals surface area contributed by atoms with Gasteiger partial charge in [-0.3, -0.25) is 4.79 Å². The zero-order valence-electron chi connectivity index (χ0n) is 8.69. The van der Waals surface area contributed by atoms with Crippen LogP contribution in [0.25, 0.3) is 0 Å². The number of hydrogen-bond acceptors (Lipinski definition) is 3. The van der Waals surface area contributed by atoms with Gasteiger partial charge in [0.25, 0.3) is 0 Å². The predicted octanol–water partition coefficient (Wildman–Crippen LogP) is 1.27. The Kier molecular flexibility index (Phi) is 2.19. The number of nitrogens with zero attached hydrogens (tertiary/aromatic N) is 2. The second-order valence-corrected chi connectivity index (χ2v) is 3.66. The molecule has 15 heavy (non-hydrogen) atoms. The Labute approximate surface area is 87.8 Å². The van der Waals surface area contributed by atoms with Gasteiger partial charge >= 0.3 is 0 Å². The first-order valence-electron chi connectivity index (χ1n) is 4.72. The maximum Gasteiger partial charge on any atom is 0.248 e. The van der Waals surface area contributed by atoms with Crippen molar-refractivity contribution in [3.05, 3.63) is 29.3 Å². The van der Waals surface area contributed by atoms with E-state index in [-0.39, 0.29) is 18.1 Å². The number of amides is 1. The predicted molar refractivity (Wildman–Crippen MR) is 56.8 cm³/mol. The average Bonchev–Trinajstić information content (AvgIpc) is 2.46. The van der Waals surface area contributed by atoms with Crippen LogP contribution in [0.15, 0.2) is 23.3 Å². The van der Waals surface area contributed by atoms with E-state index in [2.05, 4.69) is 5.10 Å². The molecule has 0 radical (unpaired) electrons. The van der Waals surface area contributed by atoms with Gasteiger partial charge in [-0.2, -0.15) is 5.10 Å². The van der Waals surface area contributed by atoms with Crippen LogP contribution in [-0.4, -0.2) is 28.8 Å². The number of hydrazone groups is 1. The molecule has 0 unspecified atom stereocenters. The lowest BCUT2D eigenvalue weighted by atomic mass is 10.0. The summed E-state index contributed by atoms with van der Waals surface area (Å²) in [6.45, 7) is 1.90. The summed E-state index contributed by atoms with van der Waals surface area (Å²) >= 11 is 0. The maximum atomic E-state index is 11.3. The summed E-state index contributed by atoms with van der Waals surface area (Å²) in [5.74, 6) is 0.127. The molecule has 4 heteroatoms. The van der Waals surface area contributed by atoms with E-state index in [1.165, 1.54) is 5.01 Å². The fourth-order valence-corrected chi connectivity index (χ4v) is 1.56. The second-order valence-electron chi connectivity index (χ2n) is 3.66. The summed E-state index contributed by atoms with van der Waals surface area (Å²) in [4.78, 5) is 11.3. The molecule has 0 fully saturated rings. The standard InChI is InChI=1S/C11H12N2O2/c1-7-3-4-8(10(14)5-7)9-6-11(15)13(2)12-9/h3-5,14H,6H2,1-2H3. The van der Waals surface area contributed by atoms with Crippen molar-refractivity contribution in [2.24, 2.45) is 5.10 Å². The lowest BCUT2D eigenvalue weighted by Gasteiger charge is -2.03. The van der Waals surface area contributed by atoms with Crippen LogP contribution < -0.4 is 0 Å². The highest BCUT2D eigenvalue weighted by Gasteiger charge is 2.23. The number of benzene rings is 1. The van der Waals surface area contributed by atoms with Gasteiger partial charge in [0.1, 0.15) is 5.75 Å². The summed E-state index contributed by atoms with van der Waals surface area (Å²) < 4.78 is 0. The first-order valence-corrected chi connectivity index (χ1v) is 4.72. The van der Waals surface area contributed by atoms with Gasteiger partial charge in [0.15, 0.2) is 0 Å². The van der Waals surface area contributed by atoms with Crippen LogP contribution in [0.3, 0.4) is 0 Å². The zero-order valence-corrected chi connectivity index (χ0v) is 8.69. The normalized spacial score (nSPS) is 15.7. The highest BCUT2D eigenvalue weighted by Crippen LogP contribution is 2.23. The number of carbonyl (C=O) groups excluding carboxylic acids is 1. The minimum absolute atomic E-state index is 0.0509. The van der Waals surface area contributed by atoms with Gasteiger partial charge in [0.2, 0.25) is 5.91 Å². The van der Waals surface area contributed by atoms with E-state index in [1.54, 1.807) is 19.2 Å². The van der Waals surface area contributed by atoms with Crippen LogP contribution >= 0.6 is 0 Å². The number of carbonyl (C=O) groups is 1. The van der Waals surface area contributed by atoms with Crippen molar-refractivity contribution in [2.75, 3.05) is 7.05 Å². The Morgan fingerprint density at radius 2 is 2.20 bits per heavy atom. The van der Waals surface area contributed by atoms with Crippen molar-refractivity contribution in [2.45, 2.75) is 13.3 Å². The Bertz CT molecular complexity index is 452. The van der Waals surface area contributed by atoms with E-state index in [1.807, 2.05) is 13.0 Å². The van der Waals surface area contributed by atoms with Crippen LogP contribution in [0.1, 0.15) is 17.5 Å². The van der Waals surface area contributed by atoms with Crippen LogP contribution in [0.5, 0.6) is 5.75 Å². The van der Waals surface area contributed by atoms with E-state index in [0.717, 1.165) is 5.56 Å². The number of phenolic OH excluding ortho intramolecular Hbond substituents is 1. The molecule has 0 bridgehead atoms. The van der Waals surface area contributed by atoms with Gasteiger partial charge in [-0.15, -0.1) is 0 Å². The fraction of sp³-hybridized carbons (Fsp3) is 0.273. The van der Waals surface area contributed by atoms with Gasteiger partial charge < -0.3 is 5.11 Å². The zero-order chi connectivity index (χ0) is 11.0. The number of rotatable bonds is 1. The smallest absolute Gasteiger partial charge is 0.248 e. The molecule has 1 aliphatic rings. The van der Waals surface area contributed by atoms with Crippen molar-refractivity contribution in [1.82, 2.24) is 5.01 Å². The molecule has 0 aromatic heterocycles. The molecule has 0 spiro atoms. The first kappa shape index (κ1) is 9.71. The highest BCUT2D eigenvalue weighted by molar-refractivity contribution is 6.14. The van der Waals surface area contributed by atoms with Crippen molar-refractivity contribution < 1.29 is 9.90 Å². The van der Waals surface area contributed by atoms with Crippen LogP contribution in [-0.2, 0) is 4.79 Å². The van der Waals surface area contributed by atoms with Crippen LogP contribution in [0, 0.1) is 6.92 Å². The number of aryl methyl sites for hydroxylation is 1.